The maximum atomic E-state index is 13.0. The molecule has 3 aliphatic heterocycles. The van der Waals surface area contributed by atoms with Gasteiger partial charge in [0.15, 0.2) is 0 Å². The molecule has 3 aliphatic rings. The zero-order chi connectivity index (χ0) is 24.6. The Bertz CT molecular complexity index is 1280. The van der Waals surface area contributed by atoms with Gasteiger partial charge in [0.05, 0.1) is 11.7 Å². The molecule has 2 unspecified atom stereocenters. The first kappa shape index (κ1) is 23.1. The minimum Gasteiger partial charge on any atom is -0.390 e. The van der Waals surface area contributed by atoms with Gasteiger partial charge in [-0.1, -0.05) is 24.3 Å². The van der Waals surface area contributed by atoms with Gasteiger partial charge in [-0.05, 0) is 41.5 Å². The van der Waals surface area contributed by atoms with E-state index in [0.29, 0.717) is 29.6 Å². The van der Waals surface area contributed by atoms with Crippen LogP contribution in [0.3, 0.4) is 0 Å². The van der Waals surface area contributed by atoms with Crippen molar-refractivity contribution >= 4 is 17.5 Å². The van der Waals surface area contributed by atoms with Crippen molar-refractivity contribution in [3.8, 4) is 0 Å². The molecule has 0 saturated carbocycles. The average molecular weight is 489 g/mol. The largest absolute Gasteiger partial charge is 0.390 e. The minimum absolute atomic E-state index is 0.0226. The van der Waals surface area contributed by atoms with Crippen molar-refractivity contribution in [2.45, 2.75) is 19.1 Å². The molecular weight excluding hydrogens is 456 g/mol. The number of hydrogen-bond donors (Lipinski definition) is 3. The van der Waals surface area contributed by atoms with Crippen LogP contribution in [0.1, 0.15) is 32.0 Å². The highest BCUT2D eigenvalue weighted by Crippen LogP contribution is 2.27. The Balaban J connectivity index is 1.04. The number of aromatic nitrogens is 2. The lowest BCUT2D eigenvalue weighted by Crippen LogP contribution is -2.42. The molecule has 9 heteroatoms. The molecule has 2 amide bonds. The maximum absolute atomic E-state index is 13.0. The highest BCUT2D eigenvalue weighted by molar-refractivity contribution is 5.95. The van der Waals surface area contributed by atoms with E-state index in [4.69, 9.17) is 0 Å². The topological polar surface area (TPSA) is 102 Å². The number of fused-ring (bicyclic) bond motifs is 3. The Labute approximate surface area is 210 Å². The van der Waals surface area contributed by atoms with Crippen LogP contribution in [0.15, 0.2) is 48.8 Å². The second kappa shape index (κ2) is 9.65. The summed E-state index contributed by atoms with van der Waals surface area (Å²) in [6.07, 6.45) is 3.68. The molecule has 9 nitrogen and oxygen atoms in total. The number of amides is 2. The Morgan fingerprint density at radius 3 is 2.67 bits per heavy atom. The predicted octanol–water partition coefficient (Wildman–Crippen LogP) is 0.775. The zero-order valence-electron chi connectivity index (χ0n) is 20.3. The van der Waals surface area contributed by atoms with Crippen LogP contribution in [-0.4, -0.2) is 88.0 Å². The first-order valence-corrected chi connectivity index (χ1v) is 12.8. The standard InChI is InChI=1S/C27H32N6O3/c34-23(16-31-8-7-18-3-1-2-4-19(18)12-31)11-29-26(35)24-17-32-13-20(5-6-25(32)30-24)27(36)33-14-21-9-28-10-22(21)15-33/h1-6,13,17,21-23,28,34H,7-12,14-16H2,(H,29,35)/t21?,22?,23-/m1/s1. The third-order valence-corrected chi connectivity index (χ3v) is 7.78. The minimum atomic E-state index is -0.671. The number of rotatable bonds is 6. The van der Waals surface area contributed by atoms with E-state index in [1.54, 1.807) is 28.9 Å². The first-order valence-electron chi connectivity index (χ1n) is 12.8. The van der Waals surface area contributed by atoms with Crippen molar-refractivity contribution in [2.24, 2.45) is 11.8 Å². The molecule has 5 heterocycles. The number of likely N-dealkylation sites (tertiary alicyclic amines) is 1. The molecule has 0 aliphatic carbocycles. The fourth-order valence-electron chi connectivity index (χ4n) is 5.81. The second-order valence-electron chi connectivity index (χ2n) is 10.3. The van der Waals surface area contributed by atoms with Crippen molar-refractivity contribution in [1.82, 2.24) is 29.8 Å². The van der Waals surface area contributed by atoms with Gasteiger partial charge in [-0.25, -0.2) is 4.98 Å². The molecule has 3 aromatic rings. The number of pyridine rings is 1. The van der Waals surface area contributed by atoms with Gasteiger partial charge in [-0.15, -0.1) is 0 Å². The van der Waals surface area contributed by atoms with Gasteiger partial charge in [0.25, 0.3) is 11.8 Å². The molecule has 2 saturated heterocycles. The van der Waals surface area contributed by atoms with Crippen LogP contribution in [0.5, 0.6) is 0 Å². The Kier molecular flexibility index (Phi) is 6.20. The number of hydrogen-bond acceptors (Lipinski definition) is 6. The SMILES string of the molecule is O=C(NC[C@@H](O)CN1CCc2ccccc2C1)c1cn2cc(C(=O)N3CC4CNCC4C3)ccc2n1. The van der Waals surface area contributed by atoms with Gasteiger partial charge in [0, 0.05) is 64.8 Å². The summed E-state index contributed by atoms with van der Waals surface area (Å²) in [5.74, 6) is 0.772. The van der Waals surface area contributed by atoms with E-state index in [0.717, 1.165) is 45.7 Å². The molecule has 2 aromatic heterocycles. The van der Waals surface area contributed by atoms with Gasteiger partial charge in [0.2, 0.25) is 0 Å². The number of carbonyl (C=O) groups is 2. The molecule has 3 atom stereocenters. The van der Waals surface area contributed by atoms with E-state index in [9.17, 15) is 14.7 Å². The molecule has 6 rings (SSSR count). The van der Waals surface area contributed by atoms with Crippen LogP contribution in [0, 0.1) is 11.8 Å². The van der Waals surface area contributed by atoms with Crippen molar-refractivity contribution in [2.75, 3.05) is 45.8 Å². The van der Waals surface area contributed by atoms with Gasteiger partial charge in [-0.2, -0.15) is 0 Å². The fraction of sp³-hybridized carbons (Fsp3) is 0.444. The first-order chi connectivity index (χ1) is 17.5. The molecule has 3 N–H and O–H groups in total. The molecule has 188 valence electrons. The molecule has 36 heavy (non-hydrogen) atoms. The summed E-state index contributed by atoms with van der Waals surface area (Å²) < 4.78 is 1.72. The quantitative estimate of drug-likeness (QED) is 0.474. The van der Waals surface area contributed by atoms with Crippen LogP contribution >= 0.6 is 0 Å². The van der Waals surface area contributed by atoms with Gasteiger partial charge >= 0.3 is 0 Å². The van der Waals surface area contributed by atoms with Crippen molar-refractivity contribution in [3.05, 3.63) is 71.2 Å². The average Bonchev–Trinajstić information content (AvgIpc) is 3.61. The summed E-state index contributed by atoms with van der Waals surface area (Å²) in [5.41, 5.74) is 4.13. The van der Waals surface area contributed by atoms with Gasteiger partial charge in [-0.3, -0.25) is 14.5 Å². The van der Waals surface area contributed by atoms with Crippen LogP contribution in [0.2, 0.25) is 0 Å². The summed E-state index contributed by atoms with van der Waals surface area (Å²) in [6.45, 7) is 5.90. The summed E-state index contributed by atoms with van der Waals surface area (Å²) in [7, 11) is 0. The van der Waals surface area contributed by atoms with Crippen molar-refractivity contribution < 1.29 is 14.7 Å². The third-order valence-electron chi connectivity index (χ3n) is 7.78. The highest BCUT2D eigenvalue weighted by Gasteiger charge is 2.38. The monoisotopic (exact) mass is 488 g/mol. The Hall–Kier alpha value is -3.27. The number of nitrogens with zero attached hydrogens (tertiary/aromatic N) is 4. The number of nitrogens with one attached hydrogen (secondary N) is 2. The summed E-state index contributed by atoms with van der Waals surface area (Å²) in [5, 5.41) is 16.7. The number of benzene rings is 1. The normalized spacial score (nSPS) is 22.4. The molecule has 2 fully saturated rings. The Morgan fingerprint density at radius 1 is 1.08 bits per heavy atom. The van der Waals surface area contributed by atoms with Crippen LogP contribution in [0.4, 0.5) is 0 Å². The second-order valence-corrected chi connectivity index (χ2v) is 10.3. The zero-order valence-corrected chi connectivity index (χ0v) is 20.3. The van der Waals surface area contributed by atoms with Gasteiger partial charge in [0.1, 0.15) is 11.3 Å². The van der Waals surface area contributed by atoms with Crippen molar-refractivity contribution in [3.63, 3.8) is 0 Å². The van der Waals surface area contributed by atoms with E-state index in [1.165, 1.54) is 11.1 Å². The fourth-order valence-corrected chi connectivity index (χ4v) is 5.81. The molecule has 0 radical (unpaired) electrons. The predicted molar refractivity (Wildman–Crippen MR) is 135 cm³/mol. The van der Waals surface area contributed by atoms with E-state index < -0.39 is 6.10 Å². The van der Waals surface area contributed by atoms with E-state index in [-0.39, 0.29) is 24.1 Å². The number of β-amino-alcohol motifs (C(OH)–C–C–N with tert-alkyl or cyclic N) is 1. The van der Waals surface area contributed by atoms with Crippen LogP contribution < -0.4 is 10.6 Å². The van der Waals surface area contributed by atoms with Crippen molar-refractivity contribution in [1.29, 1.82) is 0 Å². The summed E-state index contributed by atoms with van der Waals surface area (Å²) in [4.78, 5) is 34.3. The molecule has 1 aromatic carbocycles. The lowest BCUT2D eigenvalue weighted by atomic mass is 10.00. The smallest absolute Gasteiger partial charge is 0.271 e. The number of imidazole rings is 1. The van der Waals surface area contributed by atoms with Crippen LogP contribution in [-0.2, 0) is 13.0 Å². The third kappa shape index (κ3) is 4.61. The Morgan fingerprint density at radius 2 is 1.86 bits per heavy atom. The van der Waals surface area contributed by atoms with Gasteiger partial charge < -0.3 is 25.0 Å². The van der Waals surface area contributed by atoms with Crippen LogP contribution in [0.25, 0.3) is 5.65 Å². The number of aliphatic hydroxyl groups is 1. The summed E-state index contributed by atoms with van der Waals surface area (Å²) in [6, 6.07) is 11.9. The molecule has 0 bridgehead atoms. The number of carbonyl (C=O) groups excluding carboxylic acids is 2. The van der Waals surface area contributed by atoms with E-state index in [1.807, 2.05) is 11.0 Å². The molecule has 0 spiro atoms. The van der Waals surface area contributed by atoms with E-state index in [2.05, 4.69) is 38.7 Å². The summed E-state index contributed by atoms with van der Waals surface area (Å²) >= 11 is 0. The number of aliphatic hydroxyl groups excluding tert-OH is 1. The maximum Gasteiger partial charge on any atom is 0.271 e. The highest BCUT2D eigenvalue weighted by atomic mass is 16.3. The van der Waals surface area contributed by atoms with E-state index >= 15 is 0 Å². The molecular formula is C27H32N6O3. The lowest BCUT2D eigenvalue weighted by Gasteiger charge is -2.30. The lowest BCUT2D eigenvalue weighted by molar-refractivity contribution is 0.0781.